The number of anilines is 2. The van der Waals surface area contributed by atoms with Crippen LogP contribution in [-0.4, -0.2) is 132 Å². The van der Waals surface area contributed by atoms with Crippen molar-refractivity contribution in [3.05, 3.63) is 142 Å². The summed E-state index contributed by atoms with van der Waals surface area (Å²) in [7, 11) is 2.02. The number of ether oxygens (including phenoxy) is 2. The number of nitrogens with zero attached hydrogens (tertiary/aromatic N) is 11. The third-order valence-electron chi connectivity index (χ3n) is 15.1. The van der Waals surface area contributed by atoms with E-state index in [-0.39, 0.29) is 51.3 Å². The van der Waals surface area contributed by atoms with Crippen molar-refractivity contribution in [2.75, 3.05) is 69.3 Å². The molecule has 0 aromatic carbocycles. The van der Waals surface area contributed by atoms with Gasteiger partial charge in [0.25, 0.3) is 0 Å². The maximum absolute atomic E-state index is 12.9. The number of thiazole rings is 3. The largest absolute Gasteiger partial charge is 0.477 e. The number of carbonyl (C=O) groups excluding carboxylic acids is 2. The molecule has 12 rings (SSSR count). The molecule has 84 heavy (non-hydrogen) atoms. The molecule has 0 unspecified atom stereocenters. The predicted octanol–water partition coefficient (Wildman–Crippen LogP) is 8.23. The summed E-state index contributed by atoms with van der Waals surface area (Å²) in [5.74, 6) is 2.19. The molecule has 3 aliphatic rings. The van der Waals surface area contributed by atoms with Crippen LogP contribution in [0.25, 0.3) is 48.5 Å². The zero-order valence-electron chi connectivity index (χ0n) is 47.5. The first kappa shape index (κ1) is 60.8. The lowest BCUT2D eigenvalue weighted by molar-refractivity contribution is 0.0514. The number of pyridine rings is 6. The molecule has 0 spiro atoms. The van der Waals surface area contributed by atoms with Gasteiger partial charge < -0.3 is 35.0 Å². The van der Waals surface area contributed by atoms with E-state index in [1.54, 1.807) is 81.2 Å². The van der Waals surface area contributed by atoms with Crippen LogP contribution in [0.5, 0.6) is 0 Å². The predicted molar refractivity (Wildman–Crippen MR) is 329 cm³/mol. The highest BCUT2D eigenvalue weighted by Gasteiger charge is 2.30. The average Bonchev–Trinajstić information content (AvgIpc) is 1.70. The lowest BCUT2D eigenvalue weighted by Crippen LogP contribution is -2.31. The first-order chi connectivity index (χ1) is 40.4. The van der Waals surface area contributed by atoms with Gasteiger partial charge in [-0.05, 0) is 93.4 Å². The van der Waals surface area contributed by atoms with Crippen LogP contribution >= 0.6 is 45.6 Å². The zero-order valence-corrected chi connectivity index (χ0v) is 50.7. The van der Waals surface area contributed by atoms with Crippen LogP contribution < -0.4 is 36.7 Å². The quantitative estimate of drug-likeness (QED) is 0.0813. The summed E-state index contributed by atoms with van der Waals surface area (Å²) in [4.78, 5) is 105. The third-order valence-corrected chi connectivity index (χ3v) is 17.6. The fourth-order valence-electron chi connectivity index (χ4n) is 10.1. The molecule has 12 heterocycles. The normalized spacial score (nSPS) is 19.1. The van der Waals surface area contributed by atoms with E-state index in [0.29, 0.717) is 67.4 Å². The molecule has 22 nitrogen and oxygen atoms in total. The SMILES string of the molecule is CCOC(=O)c1cn(-c2nccs2)c2nc(Cl)ccc2c1=O.CCOC(=O)c1cn(-c2nccs2)c2nc(N3C[C@H](C)[C@@H](C)C3)ccc2c1=O.CN[C@H]1CNC[C@@H]1C.C[C@H]1CN(c2ccc3c(=O)c(C(=O)O)cn(-c4nccs4)c3n2)C[C@@H]1C. The van der Waals surface area contributed by atoms with Gasteiger partial charge in [-0.25, -0.2) is 44.3 Å². The molecule has 9 aromatic rings. The number of hydrogen-bond acceptors (Lipinski definition) is 21. The maximum atomic E-state index is 12.9. The van der Waals surface area contributed by atoms with Gasteiger partial charge in [-0.1, -0.05) is 46.2 Å². The summed E-state index contributed by atoms with van der Waals surface area (Å²) < 4.78 is 14.9. The second-order valence-corrected chi connectivity index (χ2v) is 23.8. The molecule has 0 amide bonds. The van der Waals surface area contributed by atoms with Crippen LogP contribution in [0.15, 0.2) is 104 Å². The number of esters is 2. The highest BCUT2D eigenvalue weighted by Crippen LogP contribution is 2.31. The average molecular weight is 1220 g/mol. The van der Waals surface area contributed by atoms with Gasteiger partial charge >= 0.3 is 17.9 Å². The molecule has 3 fully saturated rings. The van der Waals surface area contributed by atoms with Gasteiger partial charge in [0.15, 0.2) is 32.3 Å². The Balaban J connectivity index is 0.000000142. The summed E-state index contributed by atoms with van der Waals surface area (Å²) in [6.07, 6.45) is 9.15. The Morgan fingerprint density at radius 2 is 0.964 bits per heavy atom. The first-order valence-corrected chi connectivity index (χ1v) is 30.4. The number of carboxylic acids is 1. The number of fused-ring (bicyclic) bond motifs is 3. The van der Waals surface area contributed by atoms with Crippen LogP contribution in [0.4, 0.5) is 11.6 Å². The van der Waals surface area contributed by atoms with Crippen LogP contribution in [0.1, 0.15) is 79.5 Å². The Labute approximate surface area is 499 Å². The number of hydrogen-bond donors (Lipinski definition) is 3. The molecule has 0 bridgehead atoms. The van der Waals surface area contributed by atoms with Crippen molar-refractivity contribution in [3.8, 4) is 15.4 Å². The molecule has 0 aliphatic carbocycles. The lowest BCUT2D eigenvalue weighted by Gasteiger charge is -2.18. The Morgan fingerprint density at radius 3 is 1.30 bits per heavy atom. The molecule has 440 valence electrons. The first-order valence-electron chi connectivity index (χ1n) is 27.4. The van der Waals surface area contributed by atoms with E-state index in [1.165, 1.54) is 65.2 Å². The van der Waals surface area contributed by atoms with E-state index in [2.05, 4.69) is 75.0 Å². The van der Waals surface area contributed by atoms with Gasteiger partial charge in [0.1, 0.15) is 33.5 Å². The number of likely N-dealkylation sites (N-methyl/N-ethyl adjacent to an activating group) is 1. The van der Waals surface area contributed by atoms with Crippen molar-refractivity contribution in [2.24, 2.45) is 29.6 Å². The number of carboxylic acid groups (broad SMARTS) is 1. The lowest BCUT2D eigenvalue weighted by atomic mass is 10.0. The molecule has 9 aromatic heterocycles. The standard InChI is InChI=1S/C20H22N4O3S.C18H18N4O3S.C14H10ClN3O3S.C6H14N2/c1-4-27-19(26)15-11-24(20-21-7-8-28-20)18-14(17(15)25)5-6-16(22-18)23-9-12(2)13(3)10-23;1-10-7-21(8-11(10)2)14-4-3-12-15(23)13(17(24)25)9-22(16(12)20-14)18-19-5-6-26-18;1-2-21-13(20)9-7-18(14-16-5-6-22-14)12-8(11(9)19)3-4-10(15)17-12;1-5-3-8-4-6(5)7-2/h5-8,11-13H,4,9-10H2,1-3H3;3-6,9-11H,7-8H2,1-2H3,(H,24,25);3-7H,2H2,1H3;5-8H,3-4H2,1-2H3/t12-,13-;10-,11-;;5-,6-/m00.0/s1. The zero-order chi connectivity index (χ0) is 59.9. The van der Waals surface area contributed by atoms with Crippen LogP contribution in [0.3, 0.4) is 0 Å². The Kier molecular flexibility index (Phi) is 19.4. The highest BCUT2D eigenvalue weighted by molar-refractivity contribution is 7.12. The minimum absolute atomic E-state index is 0.0116. The maximum Gasteiger partial charge on any atom is 0.343 e. The van der Waals surface area contributed by atoms with E-state index in [9.17, 15) is 33.9 Å². The summed E-state index contributed by atoms with van der Waals surface area (Å²) in [5.41, 5.74) is -0.420. The van der Waals surface area contributed by atoms with Crippen LogP contribution in [0.2, 0.25) is 5.15 Å². The monoisotopic (exact) mass is 1220 g/mol. The molecule has 3 aliphatic heterocycles. The van der Waals surface area contributed by atoms with Gasteiger partial charge in [0.05, 0.1) is 29.4 Å². The van der Waals surface area contributed by atoms with Crippen molar-refractivity contribution in [3.63, 3.8) is 0 Å². The van der Waals surface area contributed by atoms with Crippen LogP contribution in [0, 0.1) is 29.6 Å². The molecule has 3 saturated heterocycles. The summed E-state index contributed by atoms with van der Waals surface area (Å²) >= 11 is 10.0. The minimum Gasteiger partial charge on any atom is -0.477 e. The van der Waals surface area contributed by atoms with E-state index in [4.69, 9.17) is 31.0 Å². The summed E-state index contributed by atoms with van der Waals surface area (Å²) in [6.45, 7) is 21.0. The smallest absolute Gasteiger partial charge is 0.343 e. The molecule has 6 atom stereocenters. The molecule has 0 saturated carbocycles. The van der Waals surface area contributed by atoms with E-state index in [0.717, 1.165) is 50.3 Å². The van der Waals surface area contributed by atoms with Crippen molar-refractivity contribution < 1.29 is 29.0 Å². The Hall–Kier alpha value is -7.81. The van der Waals surface area contributed by atoms with Gasteiger partial charge in [-0.3, -0.25) is 28.1 Å². The van der Waals surface area contributed by atoms with Crippen molar-refractivity contribution in [1.82, 2.24) is 54.2 Å². The number of rotatable bonds is 11. The number of halogens is 1. The number of aromatic carboxylic acids is 1. The van der Waals surface area contributed by atoms with Gasteiger partial charge in [0.2, 0.25) is 16.3 Å². The Morgan fingerprint density at radius 1 is 0.583 bits per heavy atom. The van der Waals surface area contributed by atoms with Crippen molar-refractivity contribution >= 4 is 108 Å². The second-order valence-electron chi connectivity index (χ2n) is 20.8. The fraction of sp³-hybridized carbons (Fsp3) is 0.379. The van der Waals surface area contributed by atoms with Gasteiger partial charge in [0, 0.05) is 92.1 Å². The van der Waals surface area contributed by atoms with Crippen molar-refractivity contribution in [2.45, 2.75) is 54.5 Å². The molecule has 3 N–H and O–H groups in total. The number of carbonyl (C=O) groups is 3. The summed E-state index contributed by atoms with van der Waals surface area (Å²) in [5, 5.41) is 24.3. The third kappa shape index (κ3) is 13.1. The van der Waals surface area contributed by atoms with E-state index < -0.39 is 28.8 Å². The molecule has 0 radical (unpaired) electrons. The highest BCUT2D eigenvalue weighted by atomic mass is 35.5. The second kappa shape index (κ2) is 26.8. The minimum atomic E-state index is -1.26. The summed E-state index contributed by atoms with van der Waals surface area (Å²) in [6, 6.07) is 10.8. The molecular formula is C58H64ClN13O9S3. The van der Waals surface area contributed by atoms with Gasteiger partial charge in [-0.15, -0.1) is 34.0 Å². The molecular weight excluding hydrogens is 1150 g/mol. The topological polar surface area (TPSA) is 264 Å². The number of nitrogens with one attached hydrogen (secondary N) is 2. The van der Waals surface area contributed by atoms with E-state index >= 15 is 0 Å². The van der Waals surface area contributed by atoms with E-state index in [1.807, 2.05) is 18.5 Å². The van der Waals surface area contributed by atoms with Gasteiger partial charge in [-0.2, -0.15) is 0 Å². The Bertz CT molecular complexity index is 3990. The molecule has 26 heteroatoms. The number of aromatic nitrogens is 9. The van der Waals surface area contributed by atoms with Crippen molar-refractivity contribution in [1.29, 1.82) is 0 Å². The fourth-order valence-corrected chi connectivity index (χ4v) is 12.0. The van der Waals surface area contributed by atoms with Crippen LogP contribution in [-0.2, 0) is 9.47 Å².